The van der Waals surface area contributed by atoms with E-state index in [0.29, 0.717) is 17.8 Å². The van der Waals surface area contributed by atoms with Crippen molar-refractivity contribution in [2.45, 2.75) is 46.5 Å². The van der Waals surface area contributed by atoms with E-state index in [1.807, 2.05) is 13.8 Å². The quantitative estimate of drug-likeness (QED) is 0.867. The van der Waals surface area contributed by atoms with Gasteiger partial charge in [-0.05, 0) is 62.3 Å². The molecule has 0 saturated carbocycles. The molecule has 0 bridgehead atoms. The molecular formula is C19H22N2O4. The number of carbonyl (C=O) groups is 2. The molecule has 6 nitrogen and oxygen atoms in total. The molecule has 0 amide bonds. The number of benzene rings is 1. The summed E-state index contributed by atoms with van der Waals surface area (Å²) < 4.78 is 6.57. The smallest absolute Gasteiger partial charge is 0.396 e. The van der Waals surface area contributed by atoms with Crippen molar-refractivity contribution < 1.29 is 19.4 Å². The third-order valence-corrected chi connectivity index (χ3v) is 5.02. The highest BCUT2D eigenvalue weighted by molar-refractivity contribution is 6.32. The molecule has 0 atom stereocenters. The molecule has 1 aromatic carbocycles. The summed E-state index contributed by atoms with van der Waals surface area (Å²) in [5.41, 5.74) is 7.09. The number of carbonyl (C=O) groups excluding carboxylic acids is 1. The van der Waals surface area contributed by atoms with Crippen LogP contribution in [-0.2, 0) is 24.1 Å². The number of methoxy groups -OCH3 is 1. The zero-order valence-corrected chi connectivity index (χ0v) is 15.0. The fourth-order valence-electron chi connectivity index (χ4n) is 3.85. The van der Waals surface area contributed by atoms with Gasteiger partial charge in [-0.1, -0.05) is 6.07 Å². The highest BCUT2D eigenvalue weighted by atomic mass is 16.5. The first kappa shape index (κ1) is 17.2. The van der Waals surface area contributed by atoms with Gasteiger partial charge in [-0.2, -0.15) is 9.78 Å². The van der Waals surface area contributed by atoms with Crippen LogP contribution in [0, 0.1) is 20.8 Å². The Balaban J connectivity index is 2.05. The Labute approximate surface area is 146 Å². The lowest BCUT2D eigenvalue weighted by atomic mass is 9.93. The SMILES string of the molecule is COc1c(C)cc(Cc2c(C)nn(C(=O)C(=O)O)c2C)c2c1CCC2. The standard InChI is InChI=1S/C19H22N2O4/c1-10-8-13(14-6-5-7-15(14)17(10)25-4)9-16-11(2)20-21(12(16)3)18(22)19(23)24/h8H,5-7,9H2,1-4H3,(H,23,24). The Hall–Kier alpha value is -2.63. The van der Waals surface area contributed by atoms with E-state index in [9.17, 15) is 9.59 Å². The molecule has 0 fully saturated rings. The first-order valence-corrected chi connectivity index (χ1v) is 8.36. The van der Waals surface area contributed by atoms with Crippen LogP contribution in [-0.4, -0.2) is 33.9 Å². The van der Waals surface area contributed by atoms with E-state index < -0.39 is 11.9 Å². The second kappa shape index (κ2) is 6.35. The van der Waals surface area contributed by atoms with Crippen LogP contribution in [0.3, 0.4) is 0 Å². The first-order valence-electron chi connectivity index (χ1n) is 8.36. The van der Waals surface area contributed by atoms with Gasteiger partial charge in [-0.15, -0.1) is 0 Å². The lowest BCUT2D eigenvalue weighted by Gasteiger charge is -2.15. The third-order valence-electron chi connectivity index (χ3n) is 5.02. The zero-order valence-electron chi connectivity index (χ0n) is 15.0. The van der Waals surface area contributed by atoms with Crippen LogP contribution < -0.4 is 4.74 Å². The van der Waals surface area contributed by atoms with Crippen molar-refractivity contribution in [1.82, 2.24) is 9.78 Å². The molecule has 0 aliphatic heterocycles. The number of aromatic nitrogens is 2. The molecule has 25 heavy (non-hydrogen) atoms. The van der Waals surface area contributed by atoms with Crippen molar-refractivity contribution in [3.05, 3.63) is 45.3 Å². The number of aliphatic carboxylic acids is 1. The van der Waals surface area contributed by atoms with Crippen LogP contribution in [0.5, 0.6) is 5.75 Å². The summed E-state index contributed by atoms with van der Waals surface area (Å²) in [6.45, 7) is 5.59. The molecule has 0 spiro atoms. The van der Waals surface area contributed by atoms with Crippen molar-refractivity contribution in [3.63, 3.8) is 0 Å². The van der Waals surface area contributed by atoms with Gasteiger partial charge in [0.25, 0.3) is 0 Å². The average Bonchev–Trinajstić information content (AvgIpc) is 3.14. The second-order valence-corrected chi connectivity index (χ2v) is 6.54. The van der Waals surface area contributed by atoms with E-state index >= 15 is 0 Å². The minimum absolute atomic E-state index is 0.588. The number of hydrogen-bond acceptors (Lipinski definition) is 4. The predicted octanol–water partition coefficient (Wildman–Crippen LogP) is 2.62. The number of rotatable bonds is 3. The highest BCUT2D eigenvalue weighted by Crippen LogP contribution is 2.37. The molecule has 3 rings (SSSR count). The molecule has 0 radical (unpaired) electrons. The summed E-state index contributed by atoms with van der Waals surface area (Å²) in [5, 5.41) is 13.1. The van der Waals surface area contributed by atoms with E-state index in [2.05, 4.69) is 11.2 Å². The molecule has 1 aliphatic rings. The fourth-order valence-corrected chi connectivity index (χ4v) is 3.85. The molecule has 6 heteroatoms. The van der Waals surface area contributed by atoms with Gasteiger partial charge in [-0.25, -0.2) is 4.79 Å². The summed E-state index contributed by atoms with van der Waals surface area (Å²) in [5.74, 6) is -1.55. The molecule has 132 valence electrons. The van der Waals surface area contributed by atoms with Crippen molar-refractivity contribution >= 4 is 11.9 Å². The largest absolute Gasteiger partial charge is 0.496 e. The van der Waals surface area contributed by atoms with Gasteiger partial charge in [0, 0.05) is 17.7 Å². The van der Waals surface area contributed by atoms with Crippen LogP contribution in [0.4, 0.5) is 0 Å². The molecule has 2 aromatic rings. The van der Waals surface area contributed by atoms with Crippen molar-refractivity contribution in [3.8, 4) is 5.75 Å². The number of nitrogens with zero attached hydrogens (tertiary/aromatic N) is 2. The maximum Gasteiger partial charge on any atom is 0.396 e. The van der Waals surface area contributed by atoms with Crippen LogP contribution in [0.25, 0.3) is 0 Å². The van der Waals surface area contributed by atoms with Gasteiger partial charge in [0.2, 0.25) is 0 Å². The molecule has 0 saturated heterocycles. The summed E-state index contributed by atoms with van der Waals surface area (Å²) in [7, 11) is 1.70. The molecular weight excluding hydrogens is 320 g/mol. The maximum absolute atomic E-state index is 11.8. The summed E-state index contributed by atoms with van der Waals surface area (Å²) in [6.07, 6.45) is 3.78. The van der Waals surface area contributed by atoms with Crippen molar-refractivity contribution in [1.29, 1.82) is 0 Å². The molecule has 1 N–H and O–H groups in total. The molecule has 1 aliphatic carbocycles. The third kappa shape index (κ3) is 2.81. The van der Waals surface area contributed by atoms with Gasteiger partial charge in [0.05, 0.1) is 12.8 Å². The maximum atomic E-state index is 11.8. The Bertz CT molecular complexity index is 880. The Kier molecular flexibility index (Phi) is 4.37. The van der Waals surface area contributed by atoms with Crippen LogP contribution >= 0.6 is 0 Å². The summed E-state index contributed by atoms with van der Waals surface area (Å²) >= 11 is 0. The second-order valence-electron chi connectivity index (χ2n) is 6.54. The van der Waals surface area contributed by atoms with Crippen LogP contribution in [0.2, 0.25) is 0 Å². The minimum Gasteiger partial charge on any atom is -0.496 e. The Morgan fingerprint density at radius 3 is 2.56 bits per heavy atom. The van der Waals surface area contributed by atoms with E-state index in [4.69, 9.17) is 9.84 Å². The lowest BCUT2D eigenvalue weighted by molar-refractivity contribution is -0.132. The van der Waals surface area contributed by atoms with Gasteiger partial charge in [-0.3, -0.25) is 4.79 Å². The average molecular weight is 342 g/mol. The zero-order chi connectivity index (χ0) is 18.3. The van der Waals surface area contributed by atoms with Crippen LogP contribution in [0.1, 0.15) is 50.4 Å². The molecule has 0 unspecified atom stereocenters. The monoisotopic (exact) mass is 342 g/mol. The molecule has 1 aromatic heterocycles. The van der Waals surface area contributed by atoms with E-state index in [1.165, 1.54) is 16.7 Å². The first-order chi connectivity index (χ1) is 11.8. The molecule has 1 heterocycles. The van der Waals surface area contributed by atoms with Gasteiger partial charge < -0.3 is 9.84 Å². The minimum atomic E-state index is -1.50. The number of hydrogen-bond donors (Lipinski definition) is 1. The van der Waals surface area contributed by atoms with Crippen molar-refractivity contribution in [2.75, 3.05) is 7.11 Å². The lowest BCUT2D eigenvalue weighted by Crippen LogP contribution is -2.23. The fraction of sp³-hybridized carbons (Fsp3) is 0.421. The van der Waals surface area contributed by atoms with Crippen LogP contribution in [0.15, 0.2) is 6.07 Å². The Morgan fingerprint density at radius 1 is 1.24 bits per heavy atom. The van der Waals surface area contributed by atoms with Gasteiger partial charge in [0.15, 0.2) is 0 Å². The van der Waals surface area contributed by atoms with E-state index in [-0.39, 0.29) is 0 Å². The summed E-state index contributed by atoms with van der Waals surface area (Å²) in [6, 6.07) is 2.14. The highest BCUT2D eigenvalue weighted by Gasteiger charge is 2.25. The predicted molar refractivity (Wildman–Crippen MR) is 92.5 cm³/mol. The van der Waals surface area contributed by atoms with E-state index in [1.54, 1.807) is 14.0 Å². The normalized spacial score (nSPS) is 13.0. The number of carboxylic acids is 1. The van der Waals surface area contributed by atoms with Gasteiger partial charge >= 0.3 is 11.9 Å². The number of aryl methyl sites for hydroxylation is 2. The topological polar surface area (TPSA) is 81.4 Å². The number of ether oxygens (including phenoxy) is 1. The van der Waals surface area contributed by atoms with Crippen molar-refractivity contribution in [2.24, 2.45) is 0 Å². The summed E-state index contributed by atoms with van der Waals surface area (Å²) in [4.78, 5) is 22.8. The Morgan fingerprint density at radius 2 is 1.92 bits per heavy atom. The number of carboxylic acid groups (broad SMARTS) is 1. The van der Waals surface area contributed by atoms with E-state index in [0.717, 1.165) is 40.8 Å². The van der Waals surface area contributed by atoms with Gasteiger partial charge in [0.1, 0.15) is 5.75 Å². The number of fused-ring (bicyclic) bond motifs is 1.